The number of carbonyl (C=O) groups is 1. The van der Waals surface area contributed by atoms with Crippen LogP contribution in [0.1, 0.15) is 31.4 Å². The molecule has 0 radical (unpaired) electrons. The second-order valence-corrected chi connectivity index (χ2v) is 5.18. The van der Waals surface area contributed by atoms with E-state index in [-0.39, 0.29) is 6.10 Å². The molecule has 0 saturated carbocycles. The fraction of sp³-hybridized carbons (Fsp3) is 0.333. The van der Waals surface area contributed by atoms with Gasteiger partial charge in [-0.2, -0.15) is 0 Å². The van der Waals surface area contributed by atoms with Crippen molar-refractivity contribution < 1.29 is 9.53 Å². The zero-order valence-corrected chi connectivity index (χ0v) is 13.4. The molecule has 122 valence electrons. The largest absolute Gasteiger partial charge is 0.439 e. The first kappa shape index (κ1) is 16.8. The van der Waals surface area contributed by atoms with Crippen LogP contribution in [0.3, 0.4) is 0 Å². The Hall–Kier alpha value is -2.56. The average molecular weight is 313 g/mol. The monoisotopic (exact) mass is 313 g/mol. The number of carbonyl (C=O) groups excluding carboxylic acids is 1. The number of benzene rings is 1. The average Bonchev–Trinajstić information content (AvgIpc) is 2.60. The van der Waals surface area contributed by atoms with Crippen LogP contribution in [0.25, 0.3) is 0 Å². The number of rotatable bonds is 8. The summed E-state index contributed by atoms with van der Waals surface area (Å²) in [6.45, 7) is 3.17. The van der Waals surface area contributed by atoms with Gasteiger partial charge in [-0.05, 0) is 24.1 Å². The maximum absolute atomic E-state index is 11.9. The maximum Gasteiger partial charge on any atom is 0.407 e. The number of amides is 1. The third-order valence-corrected chi connectivity index (χ3v) is 3.35. The van der Waals surface area contributed by atoms with E-state index in [1.165, 1.54) is 0 Å². The van der Waals surface area contributed by atoms with Crippen molar-refractivity contribution in [2.75, 3.05) is 18.4 Å². The Bertz CT molecular complexity index is 575. The summed E-state index contributed by atoms with van der Waals surface area (Å²) >= 11 is 0. The molecule has 0 aliphatic carbocycles. The topological polar surface area (TPSA) is 63.2 Å². The van der Waals surface area contributed by atoms with Crippen LogP contribution in [0.5, 0.6) is 0 Å². The molecule has 1 amide bonds. The summed E-state index contributed by atoms with van der Waals surface area (Å²) < 4.78 is 5.56. The molecule has 0 fully saturated rings. The molecule has 0 aliphatic rings. The summed E-state index contributed by atoms with van der Waals surface area (Å²) in [6.07, 6.45) is 2.92. The number of nitrogens with one attached hydrogen (secondary N) is 2. The lowest BCUT2D eigenvalue weighted by Crippen LogP contribution is -2.29. The third-order valence-electron chi connectivity index (χ3n) is 3.35. The molecule has 0 spiro atoms. The van der Waals surface area contributed by atoms with Crippen LogP contribution >= 0.6 is 0 Å². The van der Waals surface area contributed by atoms with Crippen LogP contribution in [0.4, 0.5) is 10.6 Å². The molecule has 5 heteroatoms. The van der Waals surface area contributed by atoms with E-state index in [4.69, 9.17) is 4.74 Å². The number of hydrogen-bond donors (Lipinski definition) is 2. The highest BCUT2D eigenvalue weighted by Crippen LogP contribution is 2.18. The molecule has 1 unspecified atom stereocenters. The normalized spacial score (nSPS) is 11.5. The predicted octanol–water partition coefficient (Wildman–Crippen LogP) is 3.76. The first-order chi connectivity index (χ1) is 11.3. The van der Waals surface area contributed by atoms with Crippen molar-refractivity contribution in [1.29, 1.82) is 0 Å². The summed E-state index contributed by atoms with van der Waals surface area (Å²) in [7, 11) is 0. The van der Waals surface area contributed by atoms with Crippen LogP contribution in [0, 0.1) is 0 Å². The van der Waals surface area contributed by atoms with E-state index in [0.29, 0.717) is 13.1 Å². The van der Waals surface area contributed by atoms with E-state index in [1.54, 1.807) is 6.20 Å². The smallest absolute Gasteiger partial charge is 0.407 e. The highest BCUT2D eigenvalue weighted by atomic mass is 16.6. The highest BCUT2D eigenvalue weighted by Gasteiger charge is 2.16. The standard InChI is InChI=1S/C18H23N3O2/c1-2-3-12-20-18(22)23-16(15-9-5-4-6-10-15)14-21-17-11-7-8-13-19-17/h4-11,13,16H,2-3,12,14H2,1H3,(H,19,21)(H,20,22). The van der Waals surface area contributed by atoms with Crippen LogP contribution in [0.15, 0.2) is 54.7 Å². The minimum absolute atomic E-state index is 0.375. The van der Waals surface area contributed by atoms with E-state index >= 15 is 0 Å². The number of hydrogen-bond acceptors (Lipinski definition) is 4. The maximum atomic E-state index is 11.9. The van der Waals surface area contributed by atoms with Gasteiger partial charge in [-0.15, -0.1) is 0 Å². The molecule has 0 aliphatic heterocycles. The predicted molar refractivity (Wildman–Crippen MR) is 91.3 cm³/mol. The summed E-state index contributed by atoms with van der Waals surface area (Å²) in [6, 6.07) is 15.3. The van der Waals surface area contributed by atoms with Gasteiger partial charge >= 0.3 is 6.09 Å². The van der Waals surface area contributed by atoms with Crippen molar-refractivity contribution in [3.8, 4) is 0 Å². The Morgan fingerprint density at radius 3 is 2.65 bits per heavy atom. The second-order valence-electron chi connectivity index (χ2n) is 5.18. The molecular formula is C18H23N3O2. The zero-order chi connectivity index (χ0) is 16.3. The number of nitrogens with zero attached hydrogens (tertiary/aromatic N) is 1. The van der Waals surface area contributed by atoms with Crippen molar-refractivity contribution in [3.63, 3.8) is 0 Å². The van der Waals surface area contributed by atoms with Crippen molar-refractivity contribution in [2.24, 2.45) is 0 Å². The number of ether oxygens (including phenoxy) is 1. The minimum atomic E-state index is -0.393. The van der Waals surface area contributed by atoms with Crippen molar-refractivity contribution >= 4 is 11.9 Å². The number of anilines is 1. The molecule has 1 aromatic carbocycles. The zero-order valence-electron chi connectivity index (χ0n) is 13.4. The van der Waals surface area contributed by atoms with E-state index in [1.807, 2.05) is 48.5 Å². The summed E-state index contributed by atoms with van der Waals surface area (Å²) in [5.74, 6) is 0.753. The summed E-state index contributed by atoms with van der Waals surface area (Å²) in [4.78, 5) is 16.2. The number of pyridine rings is 1. The van der Waals surface area contributed by atoms with Gasteiger partial charge in [0.15, 0.2) is 0 Å². The molecule has 23 heavy (non-hydrogen) atoms. The molecule has 5 nitrogen and oxygen atoms in total. The van der Waals surface area contributed by atoms with Gasteiger partial charge in [-0.1, -0.05) is 49.7 Å². The summed E-state index contributed by atoms with van der Waals surface area (Å²) in [5.41, 5.74) is 0.946. The third kappa shape index (κ3) is 5.98. The lowest BCUT2D eigenvalue weighted by molar-refractivity contribution is 0.104. The molecule has 0 saturated heterocycles. The van der Waals surface area contributed by atoms with Gasteiger partial charge in [-0.25, -0.2) is 9.78 Å². The van der Waals surface area contributed by atoms with Crippen LogP contribution in [-0.2, 0) is 4.74 Å². The van der Waals surface area contributed by atoms with Crippen LogP contribution < -0.4 is 10.6 Å². The van der Waals surface area contributed by atoms with Crippen molar-refractivity contribution in [1.82, 2.24) is 10.3 Å². The minimum Gasteiger partial charge on any atom is -0.439 e. The molecule has 2 aromatic rings. The van der Waals surface area contributed by atoms with Gasteiger partial charge in [-0.3, -0.25) is 0 Å². The van der Waals surface area contributed by atoms with Crippen LogP contribution in [0.2, 0.25) is 0 Å². The molecule has 0 bridgehead atoms. The molecule has 1 aromatic heterocycles. The lowest BCUT2D eigenvalue weighted by atomic mass is 10.1. The van der Waals surface area contributed by atoms with E-state index < -0.39 is 6.09 Å². The highest BCUT2D eigenvalue weighted by molar-refractivity contribution is 5.67. The van der Waals surface area contributed by atoms with Gasteiger partial charge < -0.3 is 15.4 Å². The summed E-state index contributed by atoms with van der Waals surface area (Å²) in [5, 5.41) is 5.98. The van der Waals surface area contributed by atoms with Gasteiger partial charge in [0.25, 0.3) is 0 Å². The Morgan fingerprint density at radius 1 is 1.17 bits per heavy atom. The van der Waals surface area contributed by atoms with Gasteiger partial charge in [0.05, 0.1) is 6.54 Å². The van der Waals surface area contributed by atoms with E-state index in [9.17, 15) is 4.79 Å². The van der Waals surface area contributed by atoms with Crippen molar-refractivity contribution in [2.45, 2.75) is 25.9 Å². The Morgan fingerprint density at radius 2 is 1.96 bits per heavy atom. The number of alkyl carbamates (subject to hydrolysis) is 1. The first-order valence-corrected chi connectivity index (χ1v) is 7.94. The number of aromatic nitrogens is 1. The lowest BCUT2D eigenvalue weighted by Gasteiger charge is -2.19. The Kier molecular flexibility index (Phi) is 6.91. The quantitative estimate of drug-likeness (QED) is 0.728. The van der Waals surface area contributed by atoms with Gasteiger partial charge in [0.2, 0.25) is 0 Å². The second kappa shape index (κ2) is 9.46. The molecule has 2 rings (SSSR count). The molecule has 2 N–H and O–H groups in total. The Balaban J connectivity index is 1.96. The molecular weight excluding hydrogens is 290 g/mol. The van der Waals surface area contributed by atoms with Crippen molar-refractivity contribution in [3.05, 3.63) is 60.3 Å². The molecule has 1 atom stereocenters. The fourth-order valence-electron chi connectivity index (χ4n) is 2.10. The fourth-order valence-corrected chi connectivity index (χ4v) is 2.10. The number of unbranched alkanes of at least 4 members (excludes halogenated alkanes) is 1. The van der Waals surface area contributed by atoms with Crippen LogP contribution in [-0.4, -0.2) is 24.2 Å². The van der Waals surface area contributed by atoms with E-state index in [2.05, 4.69) is 22.5 Å². The SMILES string of the molecule is CCCCNC(=O)OC(CNc1ccccn1)c1ccccc1. The molecule has 1 heterocycles. The Labute approximate surface area is 137 Å². The van der Waals surface area contributed by atoms with Gasteiger partial charge in [0, 0.05) is 12.7 Å². The first-order valence-electron chi connectivity index (χ1n) is 7.94. The van der Waals surface area contributed by atoms with Gasteiger partial charge in [0.1, 0.15) is 11.9 Å². The van der Waals surface area contributed by atoms with E-state index in [0.717, 1.165) is 24.2 Å².